The van der Waals surface area contributed by atoms with Crippen LogP contribution >= 0.6 is 11.8 Å². The van der Waals surface area contributed by atoms with E-state index in [1.165, 1.54) is 23.9 Å². The summed E-state index contributed by atoms with van der Waals surface area (Å²) in [6.45, 7) is 4.26. The molecule has 2 unspecified atom stereocenters. The van der Waals surface area contributed by atoms with E-state index in [1.807, 2.05) is 6.07 Å². The van der Waals surface area contributed by atoms with E-state index in [0.717, 1.165) is 17.7 Å². The van der Waals surface area contributed by atoms with E-state index >= 15 is 0 Å². The molecule has 16 heavy (non-hydrogen) atoms. The minimum absolute atomic E-state index is 0.221. The maximum atomic E-state index is 12.9. The second-order valence-electron chi connectivity index (χ2n) is 4.17. The van der Waals surface area contributed by atoms with Crippen molar-refractivity contribution in [3.8, 4) is 0 Å². The van der Waals surface area contributed by atoms with Crippen LogP contribution in [0.15, 0.2) is 29.2 Å². The first kappa shape index (κ1) is 13.5. The number of halogens is 1. The summed E-state index contributed by atoms with van der Waals surface area (Å²) < 4.78 is 12.9. The molecule has 2 atom stereocenters. The van der Waals surface area contributed by atoms with E-state index in [1.54, 1.807) is 6.07 Å². The third-order valence-corrected chi connectivity index (χ3v) is 3.75. The molecular formula is C13H19FOS. The lowest BCUT2D eigenvalue weighted by atomic mass is 10.0. The largest absolute Gasteiger partial charge is 0.392 e. The van der Waals surface area contributed by atoms with Gasteiger partial charge in [-0.15, -0.1) is 11.8 Å². The van der Waals surface area contributed by atoms with Gasteiger partial charge in [-0.3, -0.25) is 0 Å². The van der Waals surface area contributed by atoms with E-state index < -0.39 is 0 Å². The fourth-order valence-corrected chi connectivity index (χ4v) is 2.34. The summed E-state index contributed by atoms with van der Waals surface area (Å²) in [4.78, 5) is 0.878. The lowest BCUT2D eigenvalue weighted by molar-refractivity contribution is 0.167. The molecule has 1 aromatic rings. The second-order valence-corrected chi connectivity index (χ2v) is 5.26. The number of hydrogen-bond acceptors (Lipinski definition) is 2. The lowest BCUT2D eigenvalue weighted by Crippen LogP contribution is -2.13. The van der Waals surface area contributed by atoms with Gasteiger partial charge in [-0.1, -0.05) is 26.3 Å². The first-order valence-corrected chi connectivity index (χ1v) is 6.66. The SMILES string of the molecule is CCC(C)CC(O)CSc1cccc(F)c1. The van der Waals surface area contributed by atoms with Gasteiger partial charge in [-0.25, -0.2) is 4.39 Å². The standard InChI is InChI=1S/C13H19FOS/c1-3-10(2)7-12(15)9-16-13-6-4-5-11(14)8-13/h4-6,8,10,12,15H,3,7,9H2,1-2H3. The normalized spacial score (nSPS) is 14.8. The van der Waals surface area contributed by atoms with Crippen molar-refractivity contribution in [3.05, 3.63) is 30.1 Å². The third-order valence-electron chi connectivity index (χ3n) is 2.61. The zero-order valence-corrected chi connectivity index (χ0v) is 10.6. The molecule has 0 spiro atoms. The Kier molecular flexibility index (Phi) is 5.85. The quantitative estimate of drug-likeness (QED) is 0.767. The van der Waals surface area contributed by atoms with Gasteiger partial charge >= 0.3 is 0 Å². The van der Waals surface area contributed by atoms with Crippen LogP contribution in [0.1, 0.15) is 26.7 Å². The maximum absolute atomic E-state index is 12.9. The maximum Gasteiger partial charge on any atom is 0.124 e. The molecule has 0 radical (unpaired) electrons. The molecule has 90 valence electrons. The molecular weight excluding hydrogens is 223 g/mol. The minimum atomic E-state index is -0.303. The highest BCUT2D eigenvalue weighted by Gasteiger charge is 2.09. The Balaban J connectivity index is 2.34. The Morgan fingerprint density at radius 2 is 2.19 bits per heavy atom. The van der Waals surface area contributed by atoms with Crippen LogP contribution < -0.4 is 0 Å². The monoisotopic (exact) mass is 242 g/mol. The fourth-order valence-electron chi connectivity index (χ4n) is 1.45. The van der Waals surface area contributed by atoms with Gasteiger partial charge in [0.15, 0.2) is 0 Å². The third kappa shape index (κ3) is 4.99. The highest BCUT2D eigenvalue weighted by molar-refractivity contribution is 7.99. The van der Waals surface area contributed by atoms with Crippen LogP contribution in [0.3, 0.4) is 0 Å². The van der Waals surface area contributed by atoms with Crippen LogP contribution in [0.4, 0.5) is 4.39 Å². The minimum Gasteiger partial charge on any atom is -0.392 e. The second kappa shape index (κ2) is 6.92. The summed E-state index contributed by atoms with van der Waals surface area (Å²) >= 11 is 1.51. The van der Waals surface area contributed by atoms with Crippen molar-refractivity contribution in [2.24, 2.45) is 5.92 Å². The van der Waals surface area contributed by atoms with Crippen molar-refractivity contribution in [2.75, 3.05) is 5.75 Å². The molecule has 0 aliphatic rings. The van der Waals surface area contributed by atoms with Crippen LogP contribution in [0.25, 0.3) is 0 Å². The molecule has 0 amide bonds. The molecule has 0 aliphatic heterocycles. The van der Waals surface area contributed by atoms with E-state index in [0.29, 0.717) is 11.7 Å². The zero-order valence-electron chi connectivity index (χ0n) is 9.82. The van der Waals surface area contributed by atoms with Gasteiger partial charge in [0.2, 0.25) is 0 Å². The highest BCUT2D eigenvalue weighted by Crippen LogP contribution is 2.21. The molecule has 1 aromatic carbocycles. The van der Waals surface area contributed by atoms with Crippen molar-refractivity contribution in [2.45, 2.75) is 37.7 Å². The molecule has 1 rings (SSSR count). The van der Waals surface area contributed by atoms with Gasteiger partial charge in [-0.05, 0) is 30.5 Å². The summed E-state index contributed by atoms with van der Waals surface area (Å²) in [6.07, 6.45) is 1.60. The lowest BCUT2D eigenvalue weighted by Gasteiger charge is -2.14. The van der Waals surface area contributed by atoms with Gasteiger partial charge < -0.3 is 5.11 Å². The number of aliphatic hydroxyl groups is 1. The Hall–Kier alpha value is -0.540. The zero-order chi connectivity index (χ0) is 12.0. The summed E-state index contributed by atoms with van der Waals surface area (Å²) in [5, 5.41) is 9.77. The van der Waals surface area contributed by atoms with Crippen molar-refractivity contribution >= 4 is 11.8 Å². The Labute approximate surface area is 101 Å². The summed E-state index contributed by atoms with van der Waals surface area (Å²) in [6, 6.07) is 6.49. The molecule has 0 saturated heterocycles. The van der Waals surface area contributed by atoms with Crippen LogP contribution in [0, 0.1) is 11.7 Å². The van der Waals surface area contributed by atoms with E-state index in [4.69, 9.17) is 0 Å². The van der Waals surface area contributed by atoms with E-state index in [-0.39, 0.29) is 11.9 Å². The fraction of sp³-hybridized carbons (Fsp3) is 0.538. The van der Waals surface area contributed by atoms with Crippen LogP contribution in [0.5, 0.6) is 0 Å². The van der Waals surface area contributed by atoms with Gasteiger partial charge in [0.1, 0.15) is 5.82 Å². The van der Waals surface area contributed by atoms with Crippen molar-refractivity contribution in [3.63, 3.8) is 0 Å². The molecule has 0 bridgehead atoms. The summed E-state index contributed by atoms with van der Waals surface area (Å²) in [5.41, 5.74) is 0. The number of aliphatic hydroxyl groups excluding tert-OH is 1. The molecule has 0 heterocycles. The molecule has 0 saturated carbocycles. The first-order chi connectivity index (χ1) is 7.61. The topological polar surface area (TPSA) is 20.2 Å². The van der Waals surface area contributed by atoms with Gasteiger partial charge in [0.25, 0.3) is 0 Å². The summed E-state index contributed by atoms with van der Waals surface area (Å²) in [7, 11) is 0. The molecule has 0 fully saturated rings. The highest BCUT2D eigenvalue weighted by atomic mass is 32.2. The van der Waals surface area contributed by atoms with Gasteiger partial charge in [0, 0.05) is 10.6 Å². The Bertz CT molecular complexity index is 317. The Morgan fingerprint density at radius 3 is 2.81 bits per heavy atom. The van der Waals surface area contributed by atoms with Gasteiger partial charge in [-0.2, -0.15) is 0 Å². The molecule has 1 nitrogen and oxygen atoms in total. The molecule has 3 heteroatoms. The molecule has 0 aromatic heterocycles. The van der Waals surface area contributed by atoms with Crippen molar-refractivity contribution < 1.29 is 9.50 Å². The first-order valence-electron chi connectivity index (χ1n) is 5.68. The number of benzene rings is 1. The Morgan fingerprint density at radius 1 is 1.44 bits per heavy atom. The number of hydrogen-bond donors (Lipinski definition) is 1. The summed E-state index contributed by atoms with van der Waals surface area (Å²) in [5.74, 6) is 0.956. The molecule has 0 aliphatic carbocycles. The molecule has 1 N–H and O–H groups in total. The average molecular weight is 242 g/mol. The van der Waals surface area contributed by atoms with Crippen LogP contribution in [0.2, 0.25) is 0 Å². The number of rotatable bonds is 6. The smallest absolute Gasteiger partial charge is 0.124 e. The van der Waals surface area contributed by atoms with Crippen molar-refractivity contribution in [1.82, 2.24) is 0 Å². The van der Waals surface area contributed by atoms with E-state index in [9.17, 15) is 9.50 Å². The number of thioether (sulfide) groups is 1. The predicted molar refractivity (Wildman–Crippen MR) is 67.2 cm³/mol. The van der Waals surface area contributed by atoms with E-state index in [2.05, 4.69) is 13.8 Å². The van der Waals surface area contributed by atoms with Gasteiger partial charge in [0.05, 0.1) is 6.10 Å². The van der Waals surface area contributed by atoms with Crippen LogP contribution in [-0.2, 0) is 0 Å². The average Bonchev–Trinajstić information content (AvgIpc) is 2.26. The van der Waals surface area contributed by atoms with Crippen molar-refractivity contribution in [1.29, 1.82) is 0 Å². The van der Waals surface area contributed by atoms with Crippen LogP contribution in [-0.4, -0.2) is 17.0 Å². The predicted octanol–water partition coefficient (Wildman–Crippen LogP) is 3.71.